The lowest BCUT2D eigenvalue weighted by atomic mass is 10.1. The number of hydrogen-bond acceptors (Lipinski definition) is 6. The quantitative estimate of drug-likeness (QED) is 0.455. The fourth-order valence-electron chi connectivity index (χ4n) is 2.73. The molecule has 7 heteroatoms. The number of amides is 1. The first-order valence-electron chi connectivity index (χ1n) is 9.11. The molecule has 3 rings (SSSR count). The molecule has 29 heavy (non-hydrogen) atoms. The molecule has 0 saturated heterocycles. The Labute approximate surface area is 174 Å². The van der Waals surface area contributed by atoms with Crippen molar-refractivity contribution in [3.8, 4) is 22.8 Å². The van der Waals surface area contributed by atoms with E-state index in [1.54, 1.807) is 32.4 Å². The monoisotopic (exact) mass is 409 g/mol. The third kappa shape index (κ3) is 5.26. The summed E-state index contributed by atoms with van der Waals surface area (Å²) in [6.45, 7) is 3.69. The number of aryl methyl sites for hydroxylation is 1. The highest BCUT2D eigenvalue weighted by Gasteiger charge is 2.18. The number of methoxy groups -OCH3 is 2. The molecule has 0 saturated carbocycles. The molecule has 1 unspecified atom stereocenters. The van der Waals surface area contributed by atoms with Gasteiger partial charge in [-0.2, -0.15) is 0 Å². The molecule has 0 fully saturated rings. The molecule has 0 aliphatic rings. The van der Waals surface area contributed by atoms with Crippen molar-refractivity contribution in [3.05, 3.63) is 60.4 Å². The highest BCUT2D eigenvalue weighted by atomic mass is 32.2. The van der Waals surface area contributed by atoms with Crippen LogP contribution in [0.25, 0.3) is 11.3 Å². The number of benzene rings is 2. The van der Waals surface area contributed by atoms with Crippen molar-refractivity contribution in [1.29, 1.82) is 0 Å². The molecule has 2 aromatic carbocycles. The van der Waals surface area contributed by atoms with Crippen LogP contribution in [0.5, 0.6) is 11.5 Å². The minimum atomic E-state index is -0.361. The molecule has 150 valence electrons. The molecule has 0 spiro atoms. The van der Waals surface area contributed by atoms with Crippen LogP contribution in [0.3, 0.4) is 0 Å². The van der Waals surface area contributed by atoms with E-state index < -0.39 is 0 Å². The standard InChI is InChI=1S/C22H23N3O3S/c1-14(22(26)25-18-11-10-17(27-3)12-20(18)28-4)29-21-13-19(23-15(2)24-21)16-8-6-5-7-9-16/h5-14H,1-4H3,(H,25,26). The van der Waals surface area contributed by atoms with Crippen molar-refractivity contribution >= 4 is 23.4 Å². The minimum absolute atomic E-state index is 0.143. The first-order valence-corrected chi connectivity index (χ1v) is 9.98. The lowest BCUT2D eigenvalue weighted by molar-refractivity contribution is -0.115. The Hall–Kier alpha value is -3.06. The summed E-state index contributed by atoms with van der Waals surface area (Å²) in [5, 5.41) is 3.30. The van der Waals surface area contributed by atoms with E-state index in [0.29, 0.717) is 23.0 Å². The van der Waals surface area contributed by atoms with E-state index in [9.17, 15) is 4.79 Å². The van der Waals surface area contributed by atoms with Crippen LogP contribution >= 0.6 is 11.8 Å². The summed E-state index contributed by atoms with van der Waals surface area (Å²) < 4.78 is 10.5. The number of hydrogen-bond donors (Lipinski definition) is 1. The van der Waals surface area contributed by atoms with Crippen LogP contribution in [0, 0.1) is 6.92 Å². The van der Waals surface area contributed by atoms with Gasteiger partial charge in [0.15, 0.2) is 0 Å². The predicted octanol–water partition coefficient (Wildman–Crippen LogP) is 4.59. The number of thioether (sulfide) groups is 1. The van der Waals surface area contributed by atoms with Gasteiger partial charge in [-0.1, -0.05) is 42.1 Å². The Morgan fingerprint density at radius 2 is 1.79 bits per heavy atom. The number of rotatable bonds is 7. The fraction of sp³-hybridized carbons (Fsp3) is 0.227. The number of ether oxygens (including phenoxy) is 2. The summed E-state index contributed by atoms with van der Waals surface area (Å²) in [7, 11) is 3.14. The van der Waals surface area contributed by atoms with Crippen LogP contribution in [-0.2, 0) is 4.79 Å². The summed E-state index contributed by atoms with van der Waals surface area (Å²) in [6, 6.07) is 17.1. The van der Waals surface area contributed by atoms with Gasteiger partial charge in [0.2, 0.25) is 5.91 Å². The average Bonchev–Trinajstić information content (AvgIpc) is 2.74. The van der Waals surface area contributed by atoms with E-state index in [2.05, 4.69) is 15.3 Å². The SMILES string of the molecule is COc1ccc(NC(=O)C(C)Sc2cc(-c3ccccc3)nc(C)n2)c(OC)c1. The topological polar surface area (TPSA) is 73.3 Å². The van der Waals surface area contributed by atoms with Gasteiger partial charge in [-0.05, 0) is 32.0 Å². The first-order chi connectivity index (χ1) is 14.0. The van der Waals surface area contributed by atoms with Gasteiger partial charge in [0.05, 0.1) is 30.9 Å². The fourth-order valence-corrected chi connectivity index (χ4v) is 3.62. The normalized spacial score (nSPS) is 11.6. The molecule has 1 atom stereocenters. The summed E-state index contributed by atoms with van der Waals surface area (Å²) in [5.41, 5.74) is 2.44. The molecule has 0 aliphatic carbocycles. The van der Waals surface area contributed by atoms with Gasteiger partial charge in [-0.25, -0.2) is 9.97 Å². The second-order valence-electron chi connectivity index (χ2n) is 6.32. The summed E-state index contributed by atoms with van der Waals surface area (Å²) in [5.74, 6) is 1.72. The number of nitrogens with one attached hydrogen (secondary N) is 1. The van der Waals surface area contributed by atoms with Gasteiger partial charge in [0.25, 0.3) is 0 Å². The Kier molecular flexibility index (Phi) is 6.72. The van der Waals surface area contributed by atoms with Crippen LogP contribution in [-0.4, -0.2) is 35.3 Å². The van der Waals surface area contributed by atoms with E-state index in [4.69, 9.17) is 9.47 Å². The Morgan fingerprint density at radius 3 is 2.48 bits per heavy atom. The van der Waals surface area contributed by atoms with Gasteiger partial charge in [0, 0.05) is 11.6 Å². The molecule has 1 N–H and O–H groups in total. The van der Waals surface area contributed by atoms with E-state index in [-0.39, 0.29) is 11.2 Å². The second-order valence-corrected chi connectivity index (χ2v) is 7.68. The summed E-state index contributed by atoms with van der Waals surface area (Å²) in [6.07, 6.45) is 0. The van der Waals surface area contributed by atoms with E-state index in [1.807, 2.05) is 50.2 Å². The summed E-state index contributed by atoms with van der Waals surface area (Å²) >= 11 is 1.39. The lowest BCUT2D eigenvalue weighted by Gasteiger charge is -2.15. The van der Waals surface area contributed by atoms with Gasteiger partial charge < -0.3 is 14.8 Å². The maximum Gasteiger partial charge on any atom is 0.237 e. The van der Waals surface area contributed by atoms with Crippen LogP contribution in [0.1, 0.15) is 12.7 Å². The molecule has 6 nitrogen and oxygen atoms in total. The first kappa shape index (κ1) is 20.7. The molecule has 1 aromatic heterocycles. The predicted molar refractivity (Wildman–Crippen MR) is 116 cm³/mol. The Bertz CT molecular complexity index is 996. The number of carbonyl (C=O) groups is 1. The van der Waals surface area contributed by atoms with Gasteiger partial charge in [-0.3, -0.25) is 4.79 Å². The van der Waals surface area contributed by atoms with Crippen LogP contribution in [0.2, 0.25) is 0 Å². The third-order valence-electron chi connectivity index (χ3n) is 4.22. The van der Waals surface area contributed by atoms with Gasteiger partial charge in [0.1, 0.15) is 22.3 Å². The van der Waals surface area contributed by atoms with Gasteiger partial charge >= 0.3 is 0 Å². The highest BCUT2D eigenvalue weighted by Crippen LogP contribution is 2.31. The molecule has 0 radical (unpaired) electrons. The van der Waals surface area contributed by atoms with Crippen molar-refractivity contribution in [2.45, 2.75) is 24.1 Å². The average molecular weight is 410 g/mol. The van der Waals surface area contributed by atoms with E-state index in [0.717, 1.165) is 16.3 Å². The number of carbonyl (C=O) groups excluding carboxylic acids is 1. The number of nitrogens with zero attached hydrogens (tertiary/aromatic N) is 2. The molecule has 0 aliphatic heterocycles. The third-order valence-corrected chi connectivity index (χ3v) is 5.24. The van der Waals surface area contributed by atoms with E-state index >= 15 is 0 Å². The molecule has 1 heterocycles. The minimum Gasteiger partial charge on any atom is -0.497 e. The molecule has 3 aromatic rings. The Morgan fingerprint density at radius 1 is 1.03 bits per heavy atom. The second kappa shape index (κ2) is 9.43. The lowest BCUT2D eigenvalue weighted by Crippen LogP contribution is -2.22. The maximum absolute atomic E-state index is 12.7. The zero-order valence-electron chi connectivity index (χ0n) is 16.8. The smallest absolute Gasteiger partial charge is 0.237 e. The van der Waals surface area contributed by atoms with Crippen molar-refractivity contribution in [1.82, 2.24) is 9.97 Å². The van der Waals surface area contributed by atoms with Crippen LogP contribution in [0.4, 0.5) is 5.69 Å². The zero-order chi connectivity index (χ0) is 20.8. The number of anilines is 1. The molecule has 0 bridgehead atoms. The van der Waals surface area contributed by atoms with Gasteiger partial charge in [-0.15, -0.1) is 0 Å². The Balaban J connectivity index is 1.74. The van der Waals surface area contributed by atoms with Crippen LogP contribution in [0.15, 0.2) is 59.6 Å². The largest absolute Gasteiger partial charge is 0.497 e. The maximum atomic E-state index is 12.7. The molecular weight excluding hydrogens is 386 g/mol. The van der Waals surface area contributed by atoms with Crippen molar-refractivity contribution in [2.75, 3.05) is 19.5 Å². The van der Waals surface area contributed by atoms with Crippen molar-refractivity contribution in [3.63, 3.8) is 0 Å². The molecular formula is C22H23N3O3S. The zero-order valence-corrected chi connectivity index (χ0v) is 17.6. The van der Waals surface area contributed by atoms with Crippen LogP contribution < -0.4 is 14.8 Å². The number of aromatic nitrogens is 2. The van der Waals surface area contributed by atoms with Crippen molar-refractivity contribution in [2.24, 2.45) is 0 Å². The highest BCUT2D eigenvalue weighted by molar-refractivity contribution is 8.00. The molecule has 1 amide bonds. The summed E-state index contributed by atoms with van der Waals surface area (Å²) in [4.78, 5) is 21.7. The van der Waals surface area contributed by atoms with Crippen molar-refractivity contribution < 1.29 is 14.3 Å². The van der Waals surface area contributed by atoms with E-state index in [1.165, 1.54) is 11.8 Å².